The molecule has 0 aliphatic heterocycles. The first kappa shape index (κ1) is 31.2. The lowest BCUT2D eigenvalue weighted by Gasteiger charge is -2.27. The zero-order valence-electron chi connectivity index (χ0n) is 24.3. The van der Waals surface area contributed by atoms with Crippen molar-refractivity contribution in [1.29, 1.82) is 0 Å². The first-order chi connectivity index (χ1) is 19.3. The number of H-pyrrole nitrogens is 1. The number of aromatic nitrogens is 1. The number of carbonyl (C=O) groups excluding carboxylic acids is 4. The number of benzene rings is 2. The number of rotatable bonds is 12. The van der Waals surface area contributed by atoms with E-state index in [4.69, 9.17) is 10.5 Å². The van der Waals surface area contributed by atoms with Crippen molar-refractivity contribution in [2.24, 2.45) is 11.7 Å². The van der Waals surface area contributed by atoms with Gasteiger partial charge in [0.05, 0.1) is 0 Å². The number of aromatic amines is 1. The van der Waals surface area contributed by atoms with Gasteiger partial charge in [0.25, 0.3) is 0 Å². The fourth-order valence-electron chi connectivity index (χ4n) is 4.50. The molecule has 1 aromatic heterocycles. The molecule has 1 heterocycles. The Morgan fingerprint density at radius 2 is 1.44 bits per heavy atom. The van der Waals surface area contributed by atoms with Gasteiger partial charge in [-0.1, -0.05) is 62.4 Å². The van der Waals surface area contributed by atoms with Gasteiger partial charge in [0.15, 0.2) is 0 Å². The number of fused-ring (bicyclic) bond motifs is 1. The van der Waals surface area contributed by atoms with Crippen molar-refractivity contribution in [3.63, 3.8) is 0 Å². The van der Waals surface area contributed by atoms with Gasteiger partial charge < -0.3 is 31.4 Å². The lowest BCUT2D eigenvalue weighted by atomic mass is 10.00. The smallest absolute Gasteiger partial charge is 0.408 e. The van der Waals surface area contributed by atoms with Gasteiger partial charge in [0.1, 0.15) is 23.7 Å². The highest BCUT2D eigenvalue weighted by Gasteiger charge is 2.31. The molecule has 0 saturated carbocycles. The molecule has 41 heavy (non-hydrogen) atoms. The maximum Gasteiger partial charge on any atom is 0.408 e. The number of nitrogens with one attached hydrogen (secondary N) is 4. The van der Waals surface area contributed by atoms with E-state index < -0.39 is 47.5 Å². The van der Waals surface area contributed by atoms with E-state index in [2.05, 4.69) is 20.9 Å². The number of para-hydroxylation sites is 1. The lowest BCUT2D eigenvalue weighted by Crippen LogP contribution is -2.57. The molecule has 0 aliphatic rings. The molecule has 220 valence electrons. The van der Waals surface area contributed by atoms with Crippen molar-refractivity contribution >= 4 is 34.7 Å². The summed E-state index contributed by atoms with van der Waals surface area (Å²) in [6.07, 6.45) is 1.72. The molecule has 0 radical (unpaired) electrons. The third-order valence-corrected chi connectivity index (χ3v) is 6.39. The first-order valence-corrected chi connectivity index (χ1v) is 13.8. The molecule has 0 unspecified atom stereocenters. The Kier molecular flexibility index (Phi) is 10.5. The van der Waals surface area contributed by atoms with E-state index in [0.29, 0.717) is 6.42 Å². The van der Waals surface area contributed by atoms with Crippen molar-refractivity contribution in [2.75, 3.05) is 0 Å². The number of ether oxygens (including phenoxy) is 1. The van der Waals surface area contributed by atoms with Crippen LogP contribution in [0.4, 0.5) is 4.79 Å². The zero-order valence-corrected chi connectivity index (χ0v) is 24.3. The van der Waals surface area contributed by atoms with Crippen LogP contribution in [0.25, 0.3) is 10.9 Å². The molecule has 3 atom stereocenters. The Balaban J connectivity index is 1.81. The fourth-order valence-corrected chi connectivity index (χ4v) is 4.50. The third kappa shape index (κ3) is 9.66. The molecular weight excluding hydrogens is 522 g/mol. The van der Waals surface area contributed by atoms with Crippen LogP contribution in [0.15, 0.2) is 60.8 Å². The summed E-state index contributed by atoms with van der Waals surface area (Å²) in [6, 6.07) is 13.9. The summed E-state index contributed by atoms with van der Waals surface area (Å²) in [5.74, 6) is -1.73. The van der Waals surface area contributed by atoms with Gasteiger partial charge in [-0.3, -0.25) is 14.4 Å². The van der Waals surface area contributed by atoms with E-state index in [1.165, 1.54) is 0 Å². The predicted octanol–water partition coefficient (Wildman–Crippen LogP) is 3.35. The lowest BCUT2D eigenvalue weighted by molar-refractivity contribution is -0.132. The maximum atomic E-state index is 13.7. The van der Waals surface area contributed by atoms with E-state index in [1.807, 2.05) is 68.4 Å². The number of amides is 4. The van der Waals surface area contributed by atoms with Crippen LogP contribution in [-0.4, -0.2) is 52.5 Å². The van der Waals surface area contributed by atoms with Crippen LogP contribution < -0.4 is 21.7 Å². The molecule has 0 saturated heterocycles. The molecule has 10 nitrogen and oxygen atoms in total. The second-order valence-corrected chi connectivity index (χ2v) is 11.6. The Hall–Kier alpha value is -4.34. The molecule has 2 aromatic carbocycles. The van der Waals surface area contributed by atoms with Crippen LogP contribution >= 0.6 is 0 Å². The Morgan fingerprint density at radius 1 is 0.829 bits per heavy atom. The molecular formula is C31H41N5O5. The normalized spacial score (nSPS) is 13.7. The molecule has 10 heteroatoms. The van der Waals surface area contributed by atoms with Crippen LogP contribution in [0.2, 0.25) is 0 Å². The molecule has 0 bridgehead atoms. The highest BCUT2D eigenvalue weighted by molar-refractivity contribution is 5.94. The number of alkyl carbamates (subject to hydrolysis) is 1. The van der Waals surface area contributed by atoms with E-state index in [9.17, 15) is 19.2 Å². The van der Waals surface area contributed by atoms with Crippen LogP contribution in [-0.2, 0) is 32.0 Å². The Bertz CT molecular complexity index is 1350. The zero-order chi connectivity index (χ0) is 30.2. The van der Waals surface area contributed by atoms with Gasteiger partial charge in [-0.25, -0.2) is 4.79 Å². The fraction of sp³-hybridized carbons (Fsp3) is 0.419. The minimum absolute atomic E-state index is 0.0399. The average molecular weight is 564 g/mol. The van der Waals surface area contributed by atoms with Gasteiger partial charge in [-0.2, -0.15) is 0 Å². The summed E-state index contributed by atoms with van der Waals surface area (Å²) >= 11 is 0. The van der Waals surface area contributed by atoms with Crippen molar-refractivity contribution in [3.8, 4) is 0 Å². The minimum Gasteiger partial charge on any atom is -0.444 e. The predicted molar refractivity (Wildman–Crippen MR) is 158 cm³/mol. The summed E-state index contributed by atoms with van der Waals surface area (Å²) in [5.41, 5.74) is 7.38. The van der Waals surface area contributed by atoms with Crippen molar-refractivity contribution in [1.82, 2.24) is 20.9 Å². The number of hydrogen-bond donors (Lipinski definition) is 5. The summed E-state index contributed by atoms with van der Waals surface area (Å²) in [4.78, 5) is 55.1. The van der Waals surface area contributed by atoms with Crippen LogP contribution in [0.3, 0.4) is 0 Å². The number of carbonyl (C=O) groups is 4. The van der Waals surface area contributed by atoms with Gasteiger partial charge in [0, 0.05) is 29.9 Å². The number of nitrogens with two attached hydrogens (primary N) is 1. The molecule has 0 spiro atoms. The number of hydrogen-bond acceptors (Lipinski definition) is 5. The van der Waals surface area contributed by atoms with E-state index in [0.717, 1.165) is 22.0 Å². The van der Waals surface area contributed by atoms with Crippen LogP contribution in [0, 0.1) is 5.92 Å². The van der Waals surface area contributed by atoms with Crippen molar-refractivity contribution in [3.05, 3.63) is 71.9 Å². The van der Waals surface area contributed by atoms with Gasteiger partial charge in [0.2, 0.25) is 17.7 Å². The first-order valence-electron chi connectivity index (χ1n) is 13.8. The summed E-state index contributed by atoms with van der Waals surface area (Å²) in [7, 11) is 0. The molecule has 0 aliphatic carbocycles. The molecule has 3 aromatic rings. The van der Waals surface area contributed by atoms with Gasteiger partial charge >= 0.3 is 6.09 Å². The Labute approximate surface area is 240 Å². The average Bonchev–Trinajstić information content (AvgIpc) is 3.29. The molecule has 0 fully saturated rings. The highest BCUT2D eigenvalue weighted by Crippen LogP contribution is 2.20. The van der Waals surface area contributed by atoms with E-state index >= 15 is 0 Å². The number of primary amides is 1. The summed E-state index contributed by atoms with van der Waals surface area (Å²) < 4.78 is 5.41. The highest BCUT2D eigenvalue weighted by atomic mass is 16.6. The van der Waals surface area contributed by atoms with Gasteiger partial charge in [-0.15, -0.1) is 0 Å². The second-order valence-electron chi connectivity index (χ2n) is 11.6. The standard InChI is InChI=1S/C31H41N5O5/c1-19(2)15-25(28(38)34-24(27(32)37)16-20-11-7-6-8-12-20)35-29(39)26(36-30(40)41-31(3,4)5)17-21-18-33-23-14-10-9-13-22(21)23/h6-14,18-19,24-26,33H,15-17H2,1-5H3,(H2,32,37)(H,34,38)(H,35,39)(H,36,40)/t24-,25-,26+/m0/s1. The van der Waals surface area contributed by atoms with Crippen molar-refractivity contribution < 1.29 is 23.9 Å². The largest absolute Gasteiger partial charge is 0.444 e. The molecule has 3 rings (SSSR count). The van der Waals surface area contributed by atoms with E-state index in [-0.39, 0.29) is 18.8 Å². The van der Waals surface area contributed by atoms with Gasteiger partial charge in [-0.05, 0) is 50.3 Å². The maximum absolute atomic E-state index is 13.7. The molecule has 6 N–H and O–H groups in total. The summed E-state index contributed by atoms with van der Waals surface area (Å²) in [5, 5.41) is 9.10. The summed E-state index contributed by atoms with van der Waals surface area (Å²) in [6.45, 7) is 9.04. The SMILES string of the molecule is CC(C)C[C@H](NC(=O)[C@@H](Cc1c[nH]c2ccccc12)NC(=O)OC(C)(C)C)C(=O)N[C@@H](Cc1ccccc1)C(N)=O. The monoisotopic (exact) mass is 563 g/mol. The van der Waals surface area contributed by atoms with Crippen molar-refractivity contribution in [2.45, 2.75) is 77.6 Å². The van der Waals surface area contributed by atoms with E-state index in [1.54, 1.807) is 27.0 Å². The quantitative estimate of drug-likeness (QED) is 0.229. The topological polar surface area (TPSA) is 155 Å². The van der Waals surface area contributed by atoms with Crippen LogP contribution in [0.1, 0.15) is 52.2 Å². The second kappa shape index (κ2) is 13.8. The minimum atomic E-state index is -1.04. The Morgan fingerprint density at radius 3 is 2.07 bits per heavy atom. The third-order valence-electron chi connectivity index (χ3n) is 6.39. The molecule has 4 amide bonds. The van der Waals surface area contributed by atoms with Crippen LogP contribution in [0.5, 0.6) is 0 Å².